The van der Waals surface area contributed by atoms with Gasteiger partial charge in [0, 0.05) is 0 Å². The lowest BCUT2D eigenvalue weighted by Crippen LogP contribution is -1.90. The lowest BCUT2D eigenvalue weighted by Gasteiger charge is -2.05. The molecule has 0 saturated carbocycles. The van der Waals surface area contributed by atoms with E-state index in [-0.39, 0.29) is 0 Å². The molecule has 0 spiro atoms. The molecule has 0 bridgehead atoms. The second-order valence-corrected chi connectivity index (χ2v) is 4.28. The Balaban J connectivity index is 3.43. The molecule has 0 nitrogen and oxygen atoms in total. The fraction of sp³-hybridized carbons (Fsp3) is 0.636. The summed E-state index contributed by atoms with van der Waals surface area (Å²) in [5.74, 6) is 0.826. The van der Waals surface area contributed by atoms with E-state index in [9.17, 15) is 0 Å². The molecule has 12 heavy (non-hydrogen) atoms. The molecule has 1 heteroatoms. The van der Waals surface area contributed by atoms with E-state index in [4.69, 9.17) is 0 Å². The molecule has 0 aliphatic heterocycles. The molecular formula is C11H19I. The van der Waals surface area contributed by atoms with Crippen LogP contribution < -0.4 is 0 Å². The number of rotatable bonds is 5. The first kappa shape index (κ1) is 12.2. The van der Waals surface area contributed by atoms with Crippen LogP contribution in [0.2, 0.25) is 0 Å². The number of hydrogen-bond donors (Lipinski definition) is 0. The van der Waals surface area contributed by atoms with E-state index in [1.165, 1.54) is 24.8 Å². The second-order valence-electron chi connectivity index (χ2n) is 3.56. The van der Waals surface area contributed by atoms with Crippen LogP contribution in [-0.4, -0.2) is 0 Å². The summed E-state index contributed by atoms with van der Waals surface area (Å²) in [6, 6.07) is 0. The first-order chi connectivity index (χ1) is 5.66. The zero-order valence-corrected chi connectivity index (χ0v) is 10.5. The van der Waals surface area contributed by atoms with Crippen molar-refractivity contribution in [3.8, 4) is 0 Å². The third-order valence-corrected chi connectivity index (χ3v) is 2.35. The molecule has 0 saturated heterocycles. The quantitative estimate of drug-likeness (QED) is 0.504. The minimum atomic E-state index is 0.826. The Morgan fingerprint density at radius 1 is 1.42 bits per heavy atom. The van der Waals surface area contributed by atoms with Gasteiger partial charge in [-0.15, -0.1) is 0 Å². The van der Waals surface area contributed by atoms with Crippen molar-refractivity contribution in [2.24, 2.45) is 5.92 Å². The van der Waals surface area contributed by atoms with Gasteiger partial charge in [0.1, 0.15) is 0 Å². The van der Waals surface area contributed by atoms with E-state index >= 15 is 0 Å². The first-order valence-corrected chi connectivity index (χ1v) is 5.80. The fourth-order valence-corrected chi connectivity index (χ4v) is 1.35. The third kappa shape index (κ3) is 8.31. The number of allylic oxidation sites excluding steroid dienone is 3. The van der Waals surface area contributed by atoms with Crippen LogP contribution in [0.25, 0.3) is 0 Å². The van der Waals surface area contributed by atoms with Crippen molar-refractivity contribution in [2.75, 3.05) is 0 Å². The largest absolute Gasteiger partial charge is 0.0859 e. The molecule has 0 aromatic rings. The van der Waals surface area contributed by atoms with Gasteiger partial charge in [0.05, 0.1) is 0 Å². The molecule has 1 atom stereocenters. The van der Waals surface area contributed by atoms with Gasteiger partial charge in [-0.1, -0.05) is 47.2 Å². The van der Waals surface area contributed by atoms with Crippen LogP contribution in [0.15, 0.2) is 21.8 Å². The summed E-state index contributed by atoms with van der Waals surface area (Å²) in [5, 5.41) is 0. The normalized spacial score (nSPS) is 13.3. The van der Waals surface area contributed by atoms with E-state index in [0.29, 0.717) is 0 Å². The molecule has 0 amide bonds. The maximum absolute atomic E-state index is 2.32. The van der Waals surface area contributed by atoms with Gasteiger partial charge in [-0.2, -0.15) is 0 Å². The van der Waals surface area contributed by atoms with Crippen LogP contribution >= 0.6 is 22.6 Å². The van der Waals surface area contributed by atoms with Gasteiger partial charge in [0.15, 0.2) is 0 Å². The van der Waals surface area contributed by atoms with Crippen LogP contribution in [0.1, 0.15) is 40.0 Å². The van der Waals surface area contributed by atoms with Crippen LogP contribution in [0.4, 0.5) is 0 Å². The molecule has 0 aliphatic carbocycles. The maximum atomic E-state index is 2.32. The Morgan fingerprint density at radius 3 is 2.58 bits per heavy atom. The van der Waals surface area contributed by atoms with E-state index in [1.807, 2.05) is 0 Å². The lowest BCUT2D eigenvalue weighted by atomic mass is 10.0. The first-order valence-electron chi connectivity index (χ1n) is 4.55. The topological polar surface area (TPSA) is 0 Å². The molecule has 0 aliphatic rings. The summed E-state index contributed by atoms with van der Waals surface area (Å²) in [6.07, 6.45) is 8.34. The van der Waals surface area contributed by atoms with E-state index in [1.54, 1.807) is 0 Å². The van der Waals surface area contributed by atoms with Crippen molar-refractivity contribution in [1.82, 2.24) is 0 Å². The highest BCUT2D eigenvalue weighted by Gasteiger charge is 1.96. The summed E-state index contributed by atoms with van der Waals surface area (Å²) in [7, 11) is 0. The highest BCUT2D eigenvalue weighted by molar-refractivity contribution is 14.1. The molecule has 0 rings (SSSR count). The molecule has 0 aromatic heterocycles. The van der Waals surface area contributed by atoms with Gasteiger partial charge < -0.3 is 0 Å². The number of halogens is 1. The molecule has 0 unspecified atom stereocenters. The minimum Gasteiger partial charge on any atom is -0.0859 e. The Labute approximate surface area is 90.3 Å². The van der Waals surface area contributed by atoms with Gasteiger partial charge >= 0.3 is 0 Å². The van der Waals surface area contributed by atoms with Gasteiger partial charge in [-0.05, 0) is 43.1 Å². The summed E-state index contributed by atoms with van der Waals surface area (Å²) in [5.41, 5.74) is 1.44. The molecule has 0 radical (unpaired) electrons. The molecule has 0 heterocycles. The number of hydrogen-bond acceptors (Lipinski definition) is 0. The highest BCUT2D eigenvalue weighted by atomic mass is 127. The fourth-order valence-electron chi connectivity index (χ4n) is 1.06. The van der Waals surface area contributed by atoms with Gasteiger partial charge in [-0.3, -0.25) is 0 Å². The van der Waals surface area contributed by atoms with Crippen molar-refractivity contribution in [2.45, 2.75) is 40.0 Å². The molecule has 0 N–H and O–H groups in total. The minimum absolute atomic E-state index is 0.826. The van der Waals surface area contributed by atoms with E-state index < -0.39 is 0 Å². The Hall–Kier alpha value is 0.210. The SMILES string of the molecule is CC(C)=CCC[C@H](C)C/C=C/I. The van der Waals surface area contributed by atoms with Crippen LogP contribution in [0, 0.1) is 5.92 Å². The predicted molar refractivity (Wildman–Crippen MR) is 65.6 cm³/mol. The summed E-state index contributed by atoms with van der Waals surface area (Å²) < 4.78 is 2.11. The monoisotopic (exact) mass is 278 g/mol. The van der Waals surface area contributed by atoms with E-state index in [2.05, 4.69) is 59.6 Å². The van der Waals surface area contributed by atoms with Crippen molar-refractivity contribution >= 4 is 22.6 Å². The molecule has 0 aromatic carbocycles. The molecule has 70 valence electrons. The van der Waals surface area contributed by atoms with Crippen molar-refractivity contribution in [3.05, 3.63) is 21.8 Å². The van der Waals surface area contributed by atoms with Crippen molar-refractivity contribution < 1.29 is 0 Å². The lowest BCUT2D eigenvalue weighted by molar-refractivity contribution is 0.546. The van der Waals surface area contributed by atoms with E-state index in [0.717, 1.165) is 5.92 Å². The Morgan fingerprint density at radius 2 is 2.08 bits per heavy atom. The molecular weight excluding hydrogens is 259 g/mol. The zero-order chi connectivity index (χ0) is 9.40. The third-order valence-electron chi connectivity index (χ3n) is 1.84. The summed E-state index contributed by atoms with van der Waals surface area (Å²) in [6.45, 7) is 6.64. The Bertz CT molecular complexity index is 152. The smallest absolute Gasteiger partial charge is 0.0274 e. The van der Waals surface area contributed by atoms with Crippen LogP contribution in [0.3, 0.4) is 0 Å². The van der Waals surface area contributed by atoms with Gasteiger partial charge in [-0.25, -0.2) is 0 Å². The standard InChI is InChI=1S/C11H19I/c1-10(2)6-4-7-11(3)8-5-9-12/h5-6,9,11H,4,7-8H2,1-3H3/b9-5+/t11-/m0/s1. The summed E-state index contributed by atoms with van der Waals surface area (Å²) in [4.78, 5) is 0. The van der Waals surface area contributed by atoms with Crippen LogP contribution in [0.5, 0.6) is 0 Å². The maximum Gasteiger partial charge on any atom is -0.0274 e. The van der Waals surface area contributed by atoms with Gasteiger partial charge in [0.25, 0.3) is 0 Å². The summed E-state index contributed by atoms with van der Waals surface area (Å²) >= 11 is 2.28. The average molecular weight is 278 g/mol. The van der Waals surface area contributed by atoms with Gasteiger partial charge in [0.2, 0.25) is 0 Å². The zero-order valence-electron chi connectivity index (χ0n) is 8.31. The average Bonchev–Trinajstić information content (AvgIpc) is 2.00. The van der Waals surface area contributed by atoms with Crippen LogP contribution in [-0.2, 0) is 0 Å². The van der Waals surface area contributed by atoms with Crippen molar-refractivity contribution in [3.63, 3.8) is 0 Å². The highest BCUT2D eigenvalue weighted by Crippen LogP contribution is 2.12. The molecule has 0 fully saturated rings. The second kappa shape index (κ2) is 7.84. The predicted octanol–water partition coefficient (Wildman–Crippen LogP) is 4.71. The Kier molecular flexibility index (Phi) is 7.98. The van der Waals surface area contributed by atoms with Crippen molar-refractivity contribution in [1.29, 1.82) is 0 Å².